The highest BCUT2D eigenvalue weighted by atomic mass is 35.5. The van der Waals surface area contributed by atoms with Crippen molar-refractivity contribution < 1.29 is 18.3 Å². The minimum atomic E-state index is -3.71. The Balaban J connectivity index is 2.37. The zero-order chi connectivity index (χ0) is 14.0. The van der Waals surface area contributed by atoms with Gasteiger partial charge in [-0.3, -0.25) is 0 Å². The molecule has 1 aliphatic rings. The predicted molar refractivity (Wildman–Crippen MR) is 71.4 cm³/mol. The summed E-state index contributed by atoms with van der Waals surface area (Å²) in [5, 5.41) is 9.43. The number of rotatable bonds is 3. The van der Waals surface area contributed by atoms with Crippen LogP contribution in [0.15, 0.2) is 23.1 Å². The number of hydrogen-bond donors (Lipinski definition) is 2. The number of halogens is 1. The van der Waals surface area contributed by atoms with Gasteiger partial charge in [0.1, 0.15) is 0 Å². The van der Waals surface area contributed by atoms with Crippen molar-refractivity contribution in [3.63, 3.8) is 0 Å². The number of benzene rings is 1. The van der Waals surface area contributed by atoms with Crippen molar-refractivity contribution in [2.75, 3.05) is 32.1 Å². The fraction of sp³-hybridized carbons (Fsp3) is 0.455. The van der Waals surface area contributed by atoms with E-state index < -0.39 is 16.1 Å². The Morgan fingerprint density at radius 1 is 1.53 bits per heavy atom. The molecule has 0 radical (unpaired) electrons. The first kappa shape index (κ1) is 14.5. The van der Waals surface area contributed by atoms with E-state index in [2.05, 4.69) is 0 Å². The Morgan fingerprint density at radius 2 is 2.26 bits per heavy atom. The molecule has 0 spiro atoms. The highest BCUT2D eigenvalue weighted by Gasteiger charge is 2.33. The first-order valence-corrected chi connectivity index (χ1v) is 7.54. The molecule has 0 bridgehead atoms. The maximum absolute atomic E-state index is 12.5. The van der Waals surface area contributed by atoms with E-state index >= 15 is 0 Å². The van der Waals surface area contributed by atoms with Crippen molar-refractivity contribution in [2.24, 2.45) is 0 Å². The average molecular weight is 307 g/mol. The van der Waals surface area contributed by atoms with Crippen LogP contribution in [0.5, 0.6) is 0 Å². The van der Waals surface area contributed by atoms with Gasteiger partial charge in [0.25, 0.3) is 0 Å². The van der Waals surface area contributed by atoms with Crippen LogP contribution in [-0.4, -0.2) is 50.2 Å². The van der Waals surface area contributed by atoms with Gasteiger partial charge in [0.15, 0.2) is 0 Å². The molecule has 1 heterocycles. The molecule has 1 atom stereocenters. The number of ether oxygens (including phenoxy) is 1. The Bertz CT molecular complexity index is 564. The molecule has 0 amide bonds. The summed E-state index contributed by atoms with van der Waals surface area (Å²) in [6.45, 7) is 0.397. The number of sulfonamides is 1. The lowest BCUT2D eigenvalue weighted by atomic mass is 10.3. The van der Waals surface area contributed by atoms with Crippen molar-refractivity contribution in [3.05, 3.63) is 23.2 Å². The van der Waals surface area contributed by atoms with Gasteiger partial charge in [-0.2, -0.15) is 4.31 Å². The predicted octanol–water partition coefficient (Wildman–Crippen LogP) is 0.304. The summed E-state index contributed by atoms with van der Waals surface area (Å²) >= 11 is 5.85. The van der Waals surface area contributed by atoms with Crippen LogP contribution in [0.2, 0.25) is 5.02 Å². The number of nitrogens with two attached hydrogens (primary N) is 1. The SMILES string of the molecule is Nc1ccc(S(=O)(=O)N2CCOCC2CO)cc1Cl. The number of morpholine rings is 1. The van der Waals surface area contributed by atoms with E-state index in [0.717, 1.165) is 0 Å². The van der Waals surface area contributed by atoms with E-state index in [1.165, 1.54) is 22.5 Å². The molecular weight excluding hydrogens is 292 g/mol. The van der Waals surface area contributed by atoms with Crippen LogP contribution in [-0.2, 0) is 14.8 Å². The second kappa shape index (κ2) is 5.64. The van der Waals surface area contributed by atoms with Gasteiger partial charge < -0.3 is 15.6 Å². The number of aliphatic hydroxyl groups is 1. The normalized spacial score (nSPS) is 21.5. The number of hydrogen-bond acceptors (Lipinski definition) is 5. The van der Waals surface area contributed by atoms with Gasteiger partial charge in [-0.05, 0) is 18.2 Å². The molecule has 106 valence electrons. The van der Waals surface area contributed by atoms with E-state index in [9.17, 15) is 13.5 Å². The number of nitrogens with zero attached hydrogens (tertiary/aromatic N) is 1. The van der Waals surface area contributed by atoms with Gasteiger partial charge >= 0.3 is 0 Å². The molecule has 1 unspecified atom stereocenters. The van der Waals surface area contributed by atoms with Crippen LogP contribution in [0.3, 0.4) is 0 Å². The third-order valence-electron chi connectivity index (χ3n) is 2.96. The van der Waals surface area contributed by atoms with Gasteiger partial charge in [-0.15, -0.1) is 0 Å². The number of anilines is 1. The average Bonchev–Trinajstić information content (AvgIpc) is 2.41. The van der Waals surface area contributed by atoms with Crippen LogP contribution in [0.1, 0.15) is 0 Å². The van der Waals surface area contributed by atoms with E-state index in [0.29, 0.717) is 12.3 Å². The summed E-state index contributed by atoms with van der Waals surface area (Å²) in [4.78, 5) is 0.0621. The fourth-order valence-electron chi connectivity index (χ4n) is 1.90. The molecule has 6 nitrogen and oxygen atoms in total. The molecule has 3 N–H and O–H groups in total. The van der Waals surface area contributed by atoms with Crippen molar-refractivity contribution in [1.82, 2.24) is 4.31 Å². The molecule has 1 saturated heterocycles. The minimum Gasteiger partial charge on any atom is -0.398 e. The molecule has 0 saturated carbocycles. The smallest absolute Gasteiger partial charge is 0.243 e. The van der Waals surface area contributed by atoms with E-state index in [1.807, 2.05) is 0 Å². The second-order valence-electron chi connectivity index (χ2n) is 4.21. The fourth-order valence-corrected chi connectivity index (χ4v) is 3.76. The molecular formula is C11H15ClN2O4S. The zero-order valence-electron chi connectivity index (χ0n) is 10.1. The first-order valence-electron chi connectivity index (χ1n) is 5.72. The minimum absolute atomic E-state index is 0.0621. The molecule has 1 fully saturated rings. The molecule has 0 aromatic heterocycles. The van der Waals surface area contributed by atoms with Gasteiger partial charge in [-0.25, -0.2) is 8.42 Å². The molecule has 0 aliphatic carbocycles. The van der Waals surface area contributed by atoms with Crippen molar-refractivity contribution in [1.29, 1.82) is 0 Å². The number of aliphatic hydroxyl groups excluding tert-OH is 1. The van der Waals surface area contributed by atoms with Crippen LogP contribution >= 0.6 is 11.6 Å². The van der Waals surface area contributed by atoms with Crippen LogP contribution in [0.4, 0.5) is 5.69 Å². The highest BCUT2D eigenvalue weighted by molar-refractivity contribution is 7.89. The summed E-state index contributed by atoms with van der Waals surface area (Å²) in [5.41, 5.74) is 5.88. The molecule has 1 aromatic carbocycles. The topological polar surface area (TPSA) is 92.9 Å². The van der Waals surface area contributed by atoms with Crippen LogP contribution in [0.25, 0.3) is 0 Å². The Labute approximate surface area is 116 Å². The van der Waals surface area contributed by atoms with Gasteiger partial charge in [0.05, 0.1) is 41.5 Å². The van der Waals surface area contributed by atoms with Gasteiger partial charge in [-0.1, -0.05) is 11.6 Å². The summed E-state index contributed by atoms with van der Waals surface area (Å²) in [6.07, 6.45) is 0. The van der Waals surface area contributed by atoms with Crippen molar-refractivity contribution >= 4 is 27.3 Å². The molecule has 2 rings (SSSR count). The summed E-state index contributed by atoms with van der Waals surface area (Å²) < 4.78 is 31.4. The molecule has 8 heteroatoms. The maximum Gasteiger partial charge on any atom is 0.243 e. The summed E-state index contributed by atoms with van der Waals surface area (Å²) in [7, 11) is -3.71. The monoisotopic (exact) mass is 306 g/mol. The Morgan fingerprint density at radius 3 is 2.89 bits per heavy atom. The van der Waals surface area contributed by atoms with Crippen molar-refractivity contribution in [2.45, 2.75) is 10.9 Å². The highest BCUT2D eigenvalue weighted by Crippen LogP contribution is 2.26. The Hall–Kier alpha value is -0.860. The zero-order valence-corrected chi connectivity index (χ0v) is 11.7. The Kier molecular flexibility index (Phi) is 4.32. The standard InChI is InChI=1S/C11H15ClN2O4S/c12-10-5-9(1-2-11(10)13)19(16,17)14-3-4-18-7-8(14)6-15/h1-2,5,8,15H,3-4,6-7,13H2. The molecule has 1 aromatic rings. The van der Waals surface area contributed by atoms with E-state index in [-0.39, 0.29) is 29.7 Å². The maximum atomic E-state index is 12.5. The van der Waals surface area contributed by atoms with E-state index in [4.69, 9.17) is 22.1 Å². The lowest BCUT2D eigenvalue weighted by Crippen LogP contribution is -2.50. The quantitative estimate of drug-likeness (QED) is 0.784. The third-order valence-corrected chi connectivity index (χ3v) is 5.24. The lowest BCUT2D eigenvalue weighted by molar-refractivity contribution is 0.0109. The summed E-state index contributed by atoms with van der Waals surface area (Å²) in [5.74, 6) is 0. The van der Waals surface area contributed by atoms with Gasteiger partial charge in [0, 0.05) is 6.54 Å². The van der Waals surface area contributed by atoms with Gasteiger partial charge in [0.2, 0.25) is 10.0 Å². The molecule has 1 aliphatic heterocycles. The van der Waals surface area contributed by atoms with Crippen molar-refractivity contribution in [3.8, 4) is 0 Å². The molecule has 19 heavy (non-hydrogen) atoms. The first-order chi connectivity index (χ1) is 8.96. The summed E-state index contributed by atoms with van der Waals surface area (Å²) in [6, 6.07) is 3.59. The second-order valence-corrected chi connectivity index (χ2v) is 6.51. The van der Waals surface area contributed by atoms with E-state index in [1.54, 1.807) is 0 Å². The largest absolute Gasteiger partial charge is 0.398 e. The van der Waals surface area contributed by atoms with Crippen LogP contribution < -0.4 is 5.73 Å². The van der Waals surface area contributed by atoms with Crippen LogP contribution in [0, 0.1) is 0 Å². The number of nitrogen functional groups attached to an aromatic ring is 1. The third kappa shape index (κ3) is 2.85. The lowest BCUT2D eigenvalue weighted by Gasteiger charge is -2.33.